The van der Waals surface area contributed by atoms with Crippen molar-refractivity contribution in [3.63, 3.8) is 0 Å². The molecule has 1 aliphatic rings. The number of nitrogens with zero attached hydrogens (tertiary/aromatic N) is 5. The smallest absolute Gasteiger partial charge is 0.360 e. The molecule has 3 aromatic rings. The van der Waals surface area contributed by atoms with E-state index in [-0.39, 0.29) is 17.2 Å². The highest BCUT2D eigenvalue weighted by Gasteiger charge is 2.26. The summed E-state index contributed by atoms with van der Waals surface area (Å²) >= 11 is 0. The van der Waals surface area contributed by atoms with Gasteiger partial charge in [-0.3, -0.25) is 10.1 Å². The molecule has 0 spiro atoms. The fraction of sp³-hybridized carbons (Fsp3) is 0.167. The molecule has 0 amide bonds. The van der Waals surface area contributed by atoms with Crippen molar-refractivity contribution in [2.24, 2.45) is 0 Å². The van der Waals surface area contributed by atoms with Gasteiger partial charge in [-0.1, -0.05) is 24.3 Å². The van der Waals surface area contributed by atoms with Crippen molar-refractivity contribution in [2.75, 3.05) is 11.4 Å². The standard InChI is InChI=1S/C18H15N5O4/c24-18(25)16-17(21-10-9-12-3-1-2-4-13(12)11-21)20-22(19-16)14-5-7-15(8-6-14)23(26)27/h1-8H,9-11H2,(H,24,25). The molecule has 136 valence electrons. The van der Waals surface area contributed by atoms with Crippen LogP contribution < -0.4 is 4.90 Å². The van der Waals surface area contributed by atoms with E-state index in [1.807, 2.05) is 23.1 Å². The van der Waals surface area contributed by atoms with Gasteiger partial charge in [0.1, 0.15) is 0 Å². The molecule has 1 N–H and O–H groups in total. The molecule has 4 rings (SSSR count). The summed E-state index contributed by atoms with van der Waals surface area (Å²) < 4.78 is 0. The van der Waals surface area contributed by atoms with E-state index in [9.17, 15) is 20.0 Å². The number of aromatic carboxylic acids is 1. The highest BCUT2D eigenvalue weighted by atomic mass is 16.6. The number of benzene rings is 2. The first-order valence-electron chi connectivity index (χ1n) is 8.30. The Morgan fingerprint density at radius 2 is 1.78 bits per heavy atom. The van der Waals surface area contributed by atoms with Crippen molar-refractivity contribution in [1.29, 1.82) is 0 Å². The molecule has 0 radical (unpaired) electrons. The summed E-state index contributed by atoms with van der Waals surface area (Å²) in [5.41, 5.74) is 2.62. The maximum absolute atomic E-state index is 11.7. The number of carboxylic acid groups (broad SMARTS) is 1. The SMILES string of the molecule is O=C(O)c1nn(-c2ccc([N+](=O)[O-])cc2)nc1N1CCc2ccccc2C1. The highest BCUT2D eigenvalue weighted by Crippen LogP contribution is 2.26. The van der Waals surface area contributed by atoms with E-state index in [1.54, 1.807) is 0 Å². The molecule has 9 nitrogen and oxygen atoms in total. The Labute approximate surface area is 153 Å². The summed E-state index contributed by atoms with van der Waals surface area (Å²) in [5, 5.41) is 28.8. The van der Waals surface area contributed by atoms with Crippen molar-refractivity contribution >= 4 is 17.5 Å². The van der Waals surface area contributed by atoms with Crippen molar-refractivity contribution in [1.82, 2.24) is 15.0 Å². The second-order valence-corrected chi connectivity index (χ2v) is 6.18. The summed E-state index contributed by atoms with van der Waals surface area (Å²) in [6, 6.07) is 13.7. The number of nitro groups is 1. The molecule has 0 saturated carbocycles. The van der Waals surface area contributed by atoms with E-state index in [1.165, 1.54) is 34.6 Å². The molecule has 1 aliphatic heterocycles. The predicted molar refractivity (Wildman–Crippen MR) is 96.2 cm³/mol. The van der Waals surface area contributed by atoms with Gasteiger partial charge in [0.15, 0.2) is 5.82 Å². The number of carboxylic acids is 1. The third kappa shape index (κ3) is 3.10. The quantitative estimate of drug-likeness (QED) is 0.558. The number of aromatic nitrogens is 3. The Hall–Kier alpha value is -3.75. The number of anilines is 1. The van der Waals surface area contributed by atoms with Crippen LogP contribution in [0.1, 0.15) is 21.6 Å². The fourth-order valence-electron chi connectivity index (χ4n) is 3.15. The van der Waals surface area contributed by atoms with Gasteiger partial charge >= 0.3 is 5.97 Å². The average molecular weight is 365 g/mol. The van der Waals surface area contributed by atoms with E-state index < -0.39 is 10.9 Å². The summed E-state index contributed by atoms with van der Waals surface area (Å²) in [6.45, 7) is 1.19. The first-order chi connectivity index (χ1) is 13.0. The Bertz CT molecular complexity index is 1030. The summed E-state index contributed by atoms with van der Waals surface area (Å²) in [6.07, 6.45) is 0.791. The van der Waals surface area contributed by atoms with Crippen LogP contribution in [-0.2, 0) is 13.0 Å². The second-order valence-electron chi connectivity index (χ2n) is 6.18. The lowest BCUT2D eigenvalue weighted by Gasteiger charge is -2.28. The van der Waals surface area contributed by atoms with Crippen LogP contribution in [-0.4, -0.2) is 37.5 Å². The lowest BCUT2D eigenvalue weighted by Crippen LogP contribution is -2.31. The molecule has 0 aliphatic carbocycles. The van der Waals surface area contributed by atoms with Crippen molar-refractivity contribution in [2.45, 2.75) is 13.0 Å². The second kappa shape index (κ2) is 6.52. The van der Waals surface area contributed by atoms with Crippen molar-refractivity contribution < 1.29 is 14.8 Å². The first kappa shape index (κ1) is 16.7. The van der Waals surface area contributed by atoms with Gasteiger partial charge in [-0.15, -0.1) is 15.0 Å². The van der Waals surface area contributed by atoms with Gasteiger partial charge < -0.3 is 10.0 Å². The summed E-state index contributed by atoms with van der Waals surface area (Å²) in [5.74, 6) is -0.882. The number of carbonyl (C=O) groups is 1. The number of fused-ring (bicyclic) bond motifs is 1. The van der Waals surface area contributed by atoms with Gasteiger partial charge in [0.05, 0.1) is 10.6 Å². The van der Waals surface area contributed by atoms with E-state index in [0.717, 1.165) is 12.0 Å². The van der Waals surface area contributed by atoms with E-state index in [0.29, 0.717) is 18.8 Å². The Morgan fingerprint density at radius 3 is 2.44 bits per heavy atom. The number of non-ortho nitro benzene ring substituents is 1. The molecule has 2 heterocycles. The molecule has 0 atom stereocenters. The lowest BCUT2D eigenvalue weighted by atomic mass is 10.00. The Morgan fingerprint density at radius 1 is 1.07 bits per heavy atom. The van der Waals surface area contributed by atoms with Crippen LogP contribution >= 0.6 is 0 Å². The van der Waals surface area contributed by atoms with Crippen LogP contribution in [0.5, 0.6) is 0 Å². The minimum Gasteiger partial charge on any atom is -0.476 e. The molecule has 0 saturated heterocycles. The molecule has 0 unspecified atom stereocenters. The number of hydrogen-bond donors (Lipinski definition) is 1. The molecule has 27 heavy (non-hydrogen) atoms. The van der Waals surface area contributed by atoms with E-state index in [2.05, 4.69) is 16.3 Å². The normalized spacial score (nSPS) is 13.3. The Kier molecular flexibility index (Phi) is 4.03. The van der Waals surface area contributed by atoms with Gasteiger partial charge in [-0.25, -0.2) is 4.79 Å². The van der Waals surface area contributed by atoms with E-state index in [4.69, 9.17) is 0 Å². The fourth-order valence-corrected chi connectivity index (χ4v) is 3.15. The molecule has 1 aromatic heterocycles. The van der Waals surface area contributed by atoms with Crippen LogP contribution in [0.25, 0.3) is 5.69 Å². The zero-order valence-electron chi connectivity index (χ0n) is 14.1. The van der Waals surface area contributed by atoms with Crippen LogP contribution in [0.2, 0.25) is 0 Å². The molecule has 0 bridgehead atoms. The topological polar surface area (TPSA) is 114 Å². The summed E-state index contributed by atoms with van der Waals surface area (Å²) in [7, 11) is 0. The zero-order chi connectivity index (χ0) is 19.0. The van der Waals surface area contributed by atoms with E-state index >= 15 is 0 Å². The number of hydrogen-bond acceptors (Lipinski definition) is 6. The van der Waals surface area contributed by atoms with Gasteiger partial charge in [-0.05, 0) is 29.7 Å². The largest absolute Gasteiger partial charge is 0.476 e. The van der Waals surface area contributed by atoms with Crippen molar-refractivity contribution in [3.8, 4) is 5.69 Å². The minimum atomic E-state index is -1.17. The molecule has 0 fully saturated rings. The van der Waals surface area contributed by atoms with Crippen LogP contribution in [0.3, 0.4) is 0 Å². The molecule has 2 aromatic carbocycles. The number of rotatable bonds is 4. The Balaban J connectivity index is 1.69. The molecule has 9 heteroatoms. The molecular formula is C18H15N5O4. The zero-order valence-corrected chi connectivity index (χ0v) is 14.1. The first-order valence-corrected chi connectivity index (χ1v) is 8.30. The van der Waals surface area contributed by atoms with Gasteiger partial charge in [0, 0.05) is 25.2 Å². The van der Waals surface area contributed by atoms with Crippen molar-refractivity contribution in [3.05, 3.63) is 75.5 Å². The maximum Gasteiger partial charge on any atom is 0.360 e. The van der Waals surface area contributed by atoms with Crippen LogP contribution in [0.4, 0.5) is 11.5 Å². The van der Waals surface area contributed by atoms with Gasteiger partial charge in [-0.2, -0.15) is 0 Å². The minimum absolute atomic E-state index is 0.0581. The number of nitro benzene ring substituents is 1. The highest BCUT2D eigenvalue weighted by molar-refractivity contribution is 5.91. The van der Waals surface area contributed by atoms with Crippen LogP contribution in [0, 0.1) is 10.1 Å². The lowest BCUT2D eigenvalue weighted by molar-refractivity contribution is -0.384. The van der Waals surface area contributed by atoms with Gasteiger partial charge in [0.2, 0.25) is 5.69 Å². The monoisotopic (exact) mass is 365 g/mol. The third-order valence-corrected chi connectivity index (χ3v) is 4.52. The van der Waals surface area contributed by atoms with Crippen LogP contribution in [0.15, 0.2) is 48.5 Å². The predicted octanol–water partition coefficient (Wildman–Crippen LogP) is 2.44. The average Bonchev–Trinajstić information content (AvgIpc) is 3.13. The maximum atomic E-state index is 11.7. The summed E-state index contributed by atoms with van der Waals surface area (Å²) in [4.78, 5) is 25.0. The van der Waals surface area contributed by atoms with Gasteiger partial charge in [0.25, 0.3) is 5.69 Å². The molecular weight excluding hydrogens is 350 g/mol. The third-order valence-electron chi connectivity index (χ3n) is 4.52.